The molecule has 6 nitrogen and oxygen atoms in total. The Morgan fingerprint density at radius 1 is 1.37 bits per heavy atom. The third kappa shape index (κ3) is 3.15. The van der Waals surface area contributed by atoms with Crippen LogP contribution in [0.4, 0.5) is 0 Å². The van der Waals surface area contributed by atoms with Crippen LogP contribution in [0, 0.1) is 0 Å². The Labute approximate surface area is 110 Å². The molecule has 1 aromatic carbocycles. The van der Waals surface area contributed by atoms with E-state index in [1.807, 2.05) is 6.92 Å². The molecule has 0 bridgehead atoms. The van der Waals surface area contributed by atoms with E-state index >= 15 is 0 Å². The first-order chi connectivity index (χ1) is 9.22. The maximum Gasteiger partial charge on any atom is 0.307 e. The van der Waals surface area contributed by atoms with Crippen LogP contribution < -0.4 is 5.56 Å². The van der Waals surface area contributed by atoms with Gasteiger partial charge in [0.05, 0.1) is 25.0 Å². The summed E-state index contributed by atoms with van der Waals surface area (Å²) in [5.41, 5.74) is 0.311. The van der Waals surface area contributed by atoms with Crippen molar-refractivity contribution in [2.45, 2.75) is 26.3 Å². The van der Waals surface area contributed by atoms with Crippen LogP contribution in [0.25, 0.3) is 10.9 Å². The summed E-state index contributed by atoms with van der Waals surface area (Å²) in [4.78, 5) is 23.4. The van der Waals surface area contributed by atoms with E-state index in [1.54, 1.807) is 24.3 Å². The topological polar surface area (TPSA) is 74.1 Å². The zero-order valence-corrected chi connectivity index (χ0v) is 10.7. The second-order valence-corrected chi connectivity index (χ2v) is 4.11. The maximum absolute atomic E-state index is 12.1. The summed E-state index contributed by atoms with van der Waals surface area (Å²) in [6, 6.07) is 6.98. The number of aromatic nitrogens is 3. The van der Waals surface area contributed by atoms with Crippen molar-refractivity contribution in [3.63, 3.8) is 0 Å². The van der Waals surface area contributed by atoms with E-state index < -0.39 is 0 Å². The summed E-state index contributed by atoms with van der Waals surface area (Å²) in [6.07, 6.45) is 0.897. The monoisotopic (exact) mass is 261 g/mol. The van der Waals surface area contributed by atoms with Crippen LogP contribution in [0.3, 0.4) is 0 Å². The van der Waals surface area contributed by atoms with E-state index in [4.69, 9.17) is 4.74 Å². The van der Waals surface area contributed by atoms with E-state index in [1.165, 1.54) is 4.68 Å². The molecule has 0 saturated heterocycles. The van der Waals surface area contributed by atoms with Gasteiger partial charge in [0, 0.05) is 0 Å². The zero-order valence-electron chi connectivity index (χ0n) is 10.7. The van der Waals surface area contributed by atoms with Gasteiger partial charge in [0.1, 0.15) is 5.52 Å². The molecule has 1 aromatic heterocycles. The van der Waals surface area contributed by atoms with Gasteiger partial charge in [-0.15, -0.1) is 5.10 Å². The molecule has 0 N–H and O–H groups in total. The number of rotatable bonds is 5. The van der Waals surface area contributed by atoms with Gasteiger partial charge in [0.25, 0.3) is 5.56 Å². The molecule has 0 aliphatic heterocycles. The van der Waals surface area contributed by atoms with E-state index in [2.05, 4.69) is 10.3 Å². The minimum absolute atomic E-state index is 0.118. The quantitative estimate of drug-likeness (QED) is 0.754. The molecule has 0 amide bonds. The first kappa shape index (κ1) is 13.2. The second kappa shape index (κ2) is 6.08. The Hall–Kier alpha value is -2.24. The third-order valence-electron chi connectivity index (χ3n) is 2.62. The van der Waals surface area contributed by atoms with Gasteiger partial charge in [-0.25, -0.2) is 4.68 Å². The van der Waals surface area contributed by atoms with Crippen molar-refractivity contribution in [3.05, 3.63) is 34.6 Å². The third-order valence-corrected chi connectivity index (χ3v) is 2.62. The van der Waals surface area contributed by atoms with Gasteiger partial charge in [-0.2, -0.15) is 0 Å². The number of aryl methyl sites for hydroxylation is 1. The predicted octanol–water partition coefficient (Wildman–Crippen LogP) is 1.13. The number of fused-ring (bicyclic) bond motifs is 1. The van der Waals surface area contributed by atoms with Gasteiger partial charge >= 0.3 is 5.97 Å². The highest BCUT2D eigenvalue weighted by molar-refractivity contribution is 5.76. The summed E-state index contributed by atoms with van der Waals surface area (Å²) >= 11 is 0. The number of carbonyl (C=O) groups is 1. The Balaban J connectivity index is 2.11. The Morgan fingerprint density at radius 2 is 2.16 bits per heavy atom. The van der Waals surface area contributed by atoms with Crippen molar-refractivity contribution < 1.29 is 9.53 Å². The number of esters is 1. The molecule has 0 aliphatic rings. The molecule has 100 valence electrons. The molecule has 1 heterocycles. The van der Waals surface area contributed by atoms with Crippen LogP contribution in [0.2, 0.25) is 0 Å². The van der Waals surface area contributed by atoms with Gasteiger partial charge in [-0.05, 0) is 18.6 Å². The van der Waals surface area contributed by atoms with Gasteiger partial charge in [-0.1, -0.05) is 24.3 Å². The van der Waals surface area contributed by atoms with Gasteiger partial charge in [-0.3, -0.25) is 9.59 Å². The van der Waals surface area contributed by atoms with Crippen molar-refractivity contribution in [1.29, 1.82) is 0 Å². The summed E-state index contributed by atoms with van der Waals surface area (Å²) in [7, 11) is 0. The number of benzene rings is 1. The van der Waals surface area contributed by atoms with Crippen molar-refractivity contribution >= 4 is 16.9 Å². The SMILES string of the molecule is CCCOC(=O)CCn1nnc2ccccc2c1=O. The van der Waals surface area contributed by atoms with Crippen molar-refractivity contribution in [1.82, 2.24) is 15.0 Å². The lowest BCUT2D eigenvalue weighted by molar-refractivity contribution is -0.144. The van der Waals surface area contributed by atoms with Crippen LogP contribution in [-0.4, -0.2) is 27.6 Å². The first-order valence-electron chi connectivity index (χ1n) is 6.20. The van der Waals surface area contributed by atoms with E-state index in [-0.39, 0.29) is 24.5 Å². The zero-order chi connectivity index (χ0) is 13.7. The molecule has 19 heavy (non-hydrogen) atoms. The highest BCUT2D eigenvalue weighted by atomic mass is 16.5. The summed E-state index contributed by atoms with van der Waals surface area (Å²) in [6.45, 7) is 2.50. The summed E-state index contributed by atoms with van der Waals surface area (Å²) in [5, 5.41) is 8.25. The van der Waals surface area contributed by atoms with Gasteiger partial charge < -0.3 is 4.74 Å². The van der Waals surface area contributed by atoms with E-state index in [0.29, 0.717) is 17.5 Å². The molecule has 2 aromatic rings. The van der Waals surface area contributed by atoms with Crippen LogP contribution in [0.15, 0.2) is 29.1 Å². The van der Waals surface area contributed by atoms with Crippen molar-refractivity contribution in [3.8, 4) is 0 Å². The number of hydrogen-bond acceptors (Lipinski definition) is 5. The molecule has 6 heteroatoms. The van der Waals surface area contributed by atoms with Crippen molar-refractivity contribution in [2.24, 2.45) is 0 Å². The fraction of sp³-hybridized carbons (Fsp3) is 0.385. The highest BCUT2D eigenvalue weighted by Gasteiger charge is 2.07. The smallest absolute Gasteiger partial charge is 0.307 e. The van der Waals surface area contributed by atoms with E-state index in [9.17, 15) is 9.59 Å². The number of carbonyl (C=O) groups excluding carboxylic acids is 1. The molecule has 0 atom stereocenters. The van der Waals surface area contributed by atoms with Crippen molar-refractivity contribution in [2.75, 3.05) is 6.61 Å². The first-order valence-corrected chi connectivity index (χ1v) is 6.20. The largest absolute Gasteiger partial charge is 0.466 e. The van der Waals surface area contributed by atoms with Crippen LogP contribution in [0.1, 0.15) is 19.8 Å². The standard InChI is InChI=1S/C13H15N3O3/c1-2-9-19-12(17)7-8-16-13(18)10-5-3-4-6-11(10)14-15-16/h3-6H,2,7-9H2,1H3. The molecule has 0 saturated carbocycles. The summed E-state index contributed by atoms with van der Waals surface area (Å²) in [5.74, 6) is -0.330. The predicted molar refractivity (Wildman–Crippen MR) is 69.7 cm³/mol. The minimum Gasteiger partial charge on any atom is -0.466 e. The molecular weight excluding hydrogens is 246 g/mol. The highest BCUT2D eigenvalue weighted by Crippen LogP contribution is 2.03. The second-order valence-electron chi connectivity index (χ2n) is 4.11. The molecular formula is C13H15N3O3. The van der Waals surface area contributed by atoms with Crippen LogP contribution in [-0.2, 0) is 16.1 Å². The Bertz CT molecular complexity index is 636. The molecule has 0 aliphatic carbocycles. The lowest BCUT2D eigenvalue weighted by Gasteiger charge is -2.05. The number of ether oxygens (including phenoxy) is 1. The fourth-order valence-corrected chi connectivity index (χ4v) is 1.66. The lowest BCUT2D eigenvalue weighted by atomic mass is 10.2. The molecule has 0 fully saturated rings. The van der Waals surface area contributed by atoms with Gasteiger partial charge in [0.15, 0.2) is 0 Å². The van der Waals surface area contributed by atoms with Crippen LogP contribution >= 0.6 is 0 Å². The molecule has 0 unspecified atom stereocenters. The molecule has 0 radical (unpaired) electrons. The van der Waals surface area contributed by atoms with E-state index in [0.717, 1.165) is 6.42 Å². The average Bonchev–Trinajstić information content (AvgIpc) is 2.44. The average molecular weight is 261 g/mol. The van der Waals surface area contributed by atoms with Gasteiger partial charge in [0.2, 0.25) is 0 Å². The maximum atomic E-state index is 12.1. The van der Waals surface area contributed by atoms with Crippen LogP contribution in [0.5, 0.6) is 0 Å². The number of nitrogens with zero attached hydrogens (tertiary/aromatic N) is 3. The number of hydrogen-bond donors (Lipinski definition) is 0. The Kier molecular flexibility index (Phi) is 4.22. The minimum atomic E-state index is -0.330. The Morgan fingerprint density at radius 3 is 2.95 bits per heavy atom. The normalized spacial score (nSPS) is 10.6. The molecule has 0 spiro atoms. The fourth-order valence-electron chi connectivity index (χ4n) is 1.66. The molecule has 2 rings (SSSR count). The lowest BCUT2D eigenvalue weighted by Crippen LogP contribution is -2.25. The summed E-state index contributed by atoms with van der Waals surface area (Å²) < 4.78 is 6.13.